The normalized spacial score (nSPS) is 10.4. The fraction of sp³-hybridized carbons (Fsp3) is 0. The lowest BCUT2D eigenvalue weighted by atomic mass is 10.3. The van der Waals surface area contributed by atoms with Crippen LogP contribution in [0, 0.1) is 0 Å². The van der Waals surface area contributed by atoms with Gasteiger partial charge in [-0.1, -0.05) is 12.1 Å². The molecule has 3 heteroatoms. The van der Waals surface area contributed by atoms with Crippen LogP contribution in [0.4, 0.5) is 0 Å². The Kier molecular flexibility index (Phi) is 1.11. The zero-order valence-electron chi connectivity index (χ0n) is 5.03. The summed E-state index contributed by atoms with van der Waals surface area (Å²) in [5.41, 5.74) is -0.236. The molecule has 10 heavy (non-hydrogen) atoms. The maximum atomic E-state index is 10.8. The highest BCUT2D eigenvalue weighted by Crippen LogP contribution is 2.14. The van der Waals surface area contributed by atoms with Crippen LogP contribution in [0.15, 0.2) is 32.9 Å². The molecule has 2 aromatic rings. The van der Waals surface area contributed by atoms with E-state index in [4.69, 9.17) is 3.85 Å². The SMILES string of the molecule is O=c1osc2ccccc12. The molecule has 1 heterocycles. The molecule has 0 amide bonds. The predicted octanol–water partition coefficient (Wildman–Crippen LogP) is 1.85. The molecule has 0 aliphatic rings. The van der Waals surface area contributed by atoms with E-state index in [1.54, 1.807) is 6.07 Å². The van der Waals surface area contributed by atoms with E-state index in [2.05, 4.69) is 0 Å². The van der Waals surface area contributed by atoms with E-state index in [0.717, 1.165) is 16.3 Å². The molecule has 2 rings (SSSR count). The van der Waals surface area contributed by atoms with Gasteiger partial charge in [0.05, 0.1) is 10.1 Å². The molecule has 1 aromatic carbocycles. The lowest BCUT2D eigenvalue weighted by Gasteiger charge is -1.78. The van der Waals surface area contributed by atoms with Crippen molar-refractivity contribution >= 4 is 21.7 Å². The molecule has 0 fully saturated rings. The van der Waals surface area contributed by atoms with E-state index < -0.39 is 0 Å². The molecular formula is C7H4O2S. The van der Waals surface area contributed by atoms with Crippen molar-refractivity contribution in [2.24, 2.45) is 0 Å². The number of fused-ring (bicyclic) bond motifs is 1. The quantitative estimate of drug-likeness (QED) is 0.576. The Bertz CT molecular complexity index is 399. The minimum Gasteiger partial charge on any atom is -0.361 e. The molecule has 0 radical (unpaired) electrons. The molecule has 0 aliphatic carbocycles. The minimum atomic E-state index is -0.236. The Morgan fingerprint density at radius 3 is 2.90 bits per heavy atom. The standard InChI is InChI=1S/C7H4O2S/c8-7-5-3-1-2-4-6(5)10-9-7/h1-4H. The topological polar surface area (TPSA) is 30.2 Å². The summed E-state index contributed by atoms with van der Waals surface area (Å²) in [6.07, 6.45) is 0. The first-order valence-corrected chi connectivity index (χ1v) is 3.60. The third kappa shape index (κ3) is 0.675. The molecule has 1 aromatic heterocycles. The summed E-state index contributed by atoms with van der Waals surface area (Å²) >= 11 is 1.13. The largest absolute Gasteiger partial charge is 0.361 e. The molecule has 50 valence electrons. The molecule has 0 aliphatic heterocycles. The number of hydrogen-bond donors (Lipinski definition) is 0. The second-order valence-corrected chi connectivity index (χ2v) is 2.72. The Morgan fingerprint density at radius 2 is 2.10 bits per heavy atom. The molecule has 2 nitrogen and oxygen atoms in total. The van der Waals surface area contributed by atoms with Crippen molar-refractivity contribution in [1.29, 1.82) is 0 Å². The van der Waals surface area contributed by atoms with Crippen LogP contribution in [0.25, 0.3) is 10.1 Å². The van der Waals surface area contributed by atoms with Crippen LogP contribution in [-0.4, -0.2) is 0 Å². The van der Waals surface area contributed by atoms with Crippen molar-refractivity contribution in [1.82, 2.24) is 0 Å². The lowest BCUT2D eigenvalue weighted by Crippen LogP contribution is -1.88. The first-order valence-electron chi connectivity index (χ1n) is 2.86. The number of benzene rings is 1. The third-order valence-electron chi connectivity index (χ3n) is 1.31. The van der Waals surface area contributed by atoms with Gasteiger partial charge in [-0.25, -0.2) is 4.79 Å². The van der Waals surface area contributed by atoms with E-state index in [1.165, 1.54) is 0 Å². The summed E-state index contributed by atoms with van der Waals surface area (Å²) in [7, 11) is 0. The summed E-state index contributed by atoms with van der Waals surface area (Å²) in [5, 5.41) is 0.674. The van der Waals surface area contributed by atoms with Gasteiger partial charge in [-0.15, -0.1) is 0 Å². The van der Waals surface area contributed by atoms with E-state index >= 15 is 0 Å². The molecular weight excluding hydrogens is 148 g/mol. The molecule has 0 saturated heterocycles. The van der Waals surface area contributed by atoms with Crippen LogP contribution < -0.4 is 5.63 Å². The van der Waals surface area contributed by atoms with Crippen LogP contribution >= 0.6 is 11.6 Å². The van der Waals surface area contributed by atoms with E-state index in [9.17, 15) is 4.79 Å². The summed E-state index contributed by atoms with van der Waals surface area (Å²) in [5.74, 6) is 0. The first kappa shape index (κ1) is 5.68. The fourth-order valence-corrected chi connectivity index (χ4v) is 1.47. The predicted molar refractivity (Wildman–Crippen MR) is 40.4 cm³/mol. The zero-order valence-corrected chi connectivity index (χ0v) is 5.85. The van der Waals surface area contributed by atoms with Crippen LogP contribution in [0.5, 0.6) is 0 Å². The second-order valence-electron chi connectivity index (χ2n) is 1.95. The van der Waals surface area contributed by atoms with Gasteiger partial charge in [-0.05, 0) is 12.1 Å². The highest BCUT2D eigenvalue weighted by molar-refractivity contribution is 7.10. The van der Waals surface area contributed by atoms with E-state index in [1.807, 2.05) is 18.2 Å². The highest BCUT2D eigenvalue weighted by atomic mass is 32.1. The maximum absolute atomic E-state index is 10.8. The van der Waals surface area contributed by atoms with Gasteiger partial charge in [-0.3, -0.25) is 0 Å². The summed E-state index contributed by atoms with van der Waals surface area (Å²) in [4.78, 5) is 10.8. The molecule has 0 saturated carbocycles. The molecule has 0 unspecified atom stereocenters. The molecule has 0 spiro atoms. The smallest absolute Gasteiger partial charge is 0.356 e. The average Bonchev–Trinajstić information content (AvgIpc) is 2.34. The van der Waals surface area contributed by atoms with Crippen molar-refractivity contribution < 1.29 is 3.85 Å². The Hall–Kier alpha value is -1.09. The van der Waals surface area contributed by atoms with Crippen molar-refractivity contribution in [3.05, 3.63) is 34.7 Å². The zero-order chi connectivity index (χ0) is 6.97. The van der Waals surface area contributed by atoms with Gasteiger partial charge in [-0.2, -0.15) is 0 Å². The van der Waals surface area contributed by atoms with Gasteiger partial charge in [0.2, 0.25) is 0 Å². The van der Waals surface area contributed by atoms with Crippen molar-refractivity contribution in [2.45, 2.75) is 0 Å². The molecule has 0 N–H and O–H groups in total. The monoisotopic (exact) mass is 152 g/mol. The maximum Gasteiger partial charge on any atom is 0.356 e. The Balaban J connectivity index is 3.07. The van der Waals surface area contributed by atoms with Crippen LogP contribution in [0.3, 0.4) is 0 Å². The Labute approximate surface area is 60.9 Å². The van der Waals surface area contributed by atoms with Crippen LogP contribution in [0.2, 0.25) is 0 Å². The molecule has 0 bridgehead atoms. The summed E-state index contributed by atoms with van der Waals surface area (Å²) < 4.78 is 5.61. The fourth-order valence-electron chi connectivity index (χ4n) is 0.836. The summed E-state index contributed by atoms with van der Waals surface area (Å²) in [6.45, 7) is 0. The molecule has 0 atom stereocenters. The van der Waals surface area contributed by atoms with E-state index in [0.29, 0.717) is 5.39 Å². The first-order chi connectivity index (χ1) is 4.88. The average molecular weight is 152 g/mol. The number of rotatable bonds is 0. The Morgan fingerprint density at radius 1 is 1.30 bits per heavy atom. The van der Waals surface area contributed by atoms with Crippen LogP contribution in [0.1, 0.15) is 0 Å². The van der Waals surface area contributed by atoms with Gasteiger partial charge >= 0.3 is 5.63 Å². The summed E-state index contributed by atoms with van der Waals surface area (Å²) in [6, 6.07) is 7.34. The van der Waals surface area contributed by atoms with Gasteiger partial charge in [0, 0.05) is 11.6 Å². The third-order valence-corrected chi connectivity index (χ3v) is 2.08. The van der Waals surface area contributed by atoms with Crippen molar-refractivity contribution in [3.63, 3.8) is 0 Å². The minimum absolute atomic E-state index is 0.236. The second kappa shape index (κ2) is 1.95. The van der Waals surface area contributed by atoms with Gasteiger partial charge < -0.3 is 3.85 Å². The van der Waals surface area contributed by atoms with Crippen molar-refractivity contribution in [2.75, 3.05) is 0 Å². The van der Waals surface area contributed by atoms with Crippen molar-refractivity contribution in [3.8, 4) is 0 Å². The van der Waals surface area contributed by atoms with E-state index in [-0.39, 0.29) is 5.63 Å². The lowest BCUT2D eigenvalue weighted by molar-refractivity contribution is 0.651. The number of hydrogen-bond acceptors (Lipinski definition) is 3. The van der Waals surface area contributed by atoms with Crippen LogP contribution in [-0.2, 0) is 0 Å². The highest BCUT2D eigenvalue weighted by Gasteiger charge is 1.99. The van der Waals surface area contributed by atoms with Gasteiger partial charge in [0.15, 0.2) is 0 Å². The van der Waals surface area contributed by atoms with Gasteiger partial charge in [0.1, 0.15) is 0 Å². The van der Waals surface area contributed by atoms with Gasteiger partial charge in [0.25, 0.3) is 0 Å².